The summed E-state index contributed by atoms with van der Waals surface area (Å²) in [5.41, 5.74) is 0. The molecule has 0 aliphatic heterocycles. The third kappa shape index (κ3) is 9.07. The lowest BCUT2D eigenvalue weighted by molar-refractivity contribution is -0.116. The van der Waals surface area contributed by atoms with Gasteiger partial charge in [0.2, 0.25) is 5.91 Å². The van der Waals surface area contributed by atoms with Gasteiger partial charge in [0.15, 0.2) is 0 Å². The van der Waals surface area contributed by atoms with Crippen LogP contribution in [-0.2, 0) is 14.6 Å². The second-order valence-corrected chi connectivity index (χ2v) is 5.03. The highest BCUT2D eigenvalue weighted by molar-refractivity contribution is 7.90. The molecular weight excluding hydrogens is 190 g/mol. The minimum absolute atomic E-state index is 0.114. The van der Waals surface area contributed by atoms with Gasteiger partial charge in [-0.3, -0.25) is 4.79 Å². The third-order valence-electron chi connectivity index (χ3n) is 1.31. The monoisotopic (exact) mass is 205 g/mol. The predicted molar refractivity (Wildman–Crippen MR) is 52.2 cm³/mol. The van der Waals surface area contributed by atoms with Gasteiger partial charge in [-0.15, -0.1) is 0 Å². The van der Waals surface area contributed by atoms with Gasteiger partial charge in [-0.05, 0) is 19.4 Å². The SMILES string of the molecule is CC=CC(=O)NCCCS(C)(=O)=O. The highest BCUT2D eigenvalue weighted by Gasteiger charge is 2.01. The zero-order valence-electron chi connectivity index (χ0n) is 7.91. The first kappa shape index (κ1) is 12.2. The Morgan fingerprint density at radius 1 is 1.46 bits per heavy atom. The second-order valence-electron chi connectivity index (χ2n) is 2.77. The molecule has 0 spiro atoms. The number of carbonyl (C=O) groups is 1. The standard InChI is InChI=1S/C8H15NO3S/c1-3-5-8(10)9-6-4-7-13(2,11)12/h3,5H,4,6-7H2,1-2H3,(H,9,10). The molecule has 0 radical (unpaired) electrons. The molecule has 0 rings (SSSR count). The highest BCUT2D eigenvalue weighted by Crippen LogP contribution is 1.86. The van der Waals surface area contributed by atoms with Crippen LogP contribution in [0.4, 0.5) is 0 Å². The molecule has 5 heteroatoms. The molecule has 0 heterocycles. The van der Waals surface area contributed by atoms with Crippen molar-refractivity contribution in [1.29, 1.82) is 0 Å². The lowest BCUT2D eigenvalue weighted by Gasteiger charge is -2.00. The molecule has 0 bridgehead atoms. The summed E-state index contributed by atoms with van der Waals surface area (Å²) in [5.74, 6) is -0.0701. The van der Waals surface area contributed by atoms with Crippen LogP contribution >= 0.6 is 0 Å². The Bertz CT molecular complexity index is 280. The number of allylic oxidation sites excluding steroid dienone is 1. The topological polar surface area (TPSA) is 63.2 Å². The quantitative estimate of drug-likeness (QED) is 0.512. The van der Waals surface area contributed by atoms with E-state index in [1.807, 2.05) is 0 Å². The predicted octanol–water partition coefficient (Wildman–Crippen LogP) is 0.113. The van der Waals surface area contributed by atoms with E-state index in [0.29, 0.717) is 13.0 Å². The van der Waals surface area contributed by atoms with Crippen molar-refractivity contribution in [1.82, 2.24) is 5.32 Å². The molecule has 0 saturated heterocycles. The van der Waals surface area contributed by atoms with Crippen molar-refractivity contribution in [3.8, 4) is 0 Å². The Balaban J connectivity index is 3.53. The van der Waals surface area contributed by atoms with E-state index in [2.05, 4.69) is 5.32 Å². The summed E-state index contributed by atoms with van der Waals surface area (Å²) in [4.78, 5) is 10.8. The van der Waals surface area contributed by atoms with Gasteiger partial charge >= 0.3 is 0 Å². The van der Waals surface area contributed by atoms with Crippen LogP contribution < -0.4 is 5.32 Å². The molecule has 13 heavy (non-hydrogen) atoms. The molecule has 0 aliphatic carbocycles. The van der Waals surface area contributed by atoms with Crippen molar-refractivity contribution in [3.05, 3.63) is 12.2 Å². The minimum Gasteiger partial charge on any atom is -0.353 e. The van der Waals surface area contributed by atoms with E-state index < -0.39 is 9.84 Å². The maximum atomic E-state index is 10.8. The molecule has 1 N–H and O–H groups in total. The molecule has 0 aromatic carbocycles. The number of amides is 1. The van der Waals surface area contributed by atoms with Gasteiger partial charge in [-0.2, -0.15) is 0 Å². The van der Waals surface area contributed by atoms with E-state index in [-0.39, 0.29) is 11.7 Å². The summed E-state index contributed by atoms with van der Waals surface area (Å²) in [6, 6.07) is 0. The zero-order chi connectivity index (χ0) is 10.3. The fraction of sp³-hybridized carbons (Fsp3) is 0.625. The Morgan fingerprint density at radius 3 is 2.54 bits per heavy atom. The number of carbonyl (C=O) groups excluding carboxylic acids is 1. The van der Waals surface area contributed by atoms with E-state index >= 15 is 0 Å². The van der Waals surface area contributed by atoms with E-state index in [9.17, 15) is 13.2 Å². The van der Waals surface area contributed by atoms with Gasteiger partial charge in [0, 0.05) is 12.8 Å². The van der Waals surface area contributed by atoms with Gasteiger partial charge in [-0.25, -0.2) is 8.42 Å². The normalized spacial score (nSPS) is 11.8. The van der Waals surface area contributed by atoms with Crippen LogP contribution in [0.25, 0.3) is 0 Å². The van der Waals surface area contributed by atoms with E-state index in [1.165, 1.54) is 12.3 Å². The smallest absolute Gasteiger partial charge is 0.243 e. The molecule has 0 aromatic heterocycles. The molecule has 0 aromatic rings. The Hall–Kier alpha value is -0.840. The highest BCUT2D eigenvalue weighted by atomic mass is 32.2. The Morgan fingerprint density at radius 2 is 2.08 bits per heavy atom. The lowest BCUT2D eigenvalue weighted by Crippen LogP contribution is -2.23. The Kier molecular flexibility index (Phi) is 5.37. The van der Waals surface area contributed by atoms with Crippen LogP contribution in [0.1, 0.15) is 13.3 Å². The first-order valence-electron chi connectivity index (χ1n) is 4.04. The average Bonchev–Trinajstić information content (AvgIpc) is 1.97. The summed E-state index contributed by atoms with van der Waals surface area (Å²) in [6.45, 7) is 2.15. The number of rotatable bonds is 5. The van der Waals surface area contributed by atoms with Crippen molar-refractivity contribution in [2.24, 2.45) is 0 Å². The van der Waals surface area contributed by atoms with Gasteiger partial charge in [0.25, 0.3) is 0 Å². The van der Waals surface area contributed by atoms with Crippen LogP contribution in [-0.4, -0.2) is 32.9 Å². The van der Waals surface area contributed by atoms with E-state index in [1.54, 1.807) is 13.0 Å². The fourth-order valence-electron chi connectivity index (χ4n) is 0.756. The maximum absolute atomic E-state index is 10.8. The first-order chi connectivity index (χ1) is 5.95. The molecule has 0 fully saturated rings. The molecule has 4 nitrogen and oxygen atoms in total. The molecule has 0 aliphatic rings. The minimum atomic E-state index is -2.90. The van der Waals surface area contributed by atoms with Crippen molar-refractivity contribution < 1.29 is 13.2 Å². The summed E-state index contributed by atoms with van der Waals surface area (Å²) >= 11 is 0. The number of hydrogen-bond donors (Lipinski definition) is 1. The first-order valence-corrected chi connectivity index (χ1v) is 6.10. The maximum Gasteiger partial charge on any atom is 0.243 e. The number of sulfone groups is 1. The molecule has 76 valence electrons. The van der Waals surface area contributed by atoms with Crippen LogP contribution in [0, 0.1) is 0 Å². The van der Waals surface area contributed by atoms with Crippen LogP contribution in [0.15, 0.2) is 12.2 Å². The third-order valence-corrected chi connectivity index (χ3v) is 2.34. The van der Waals surface area contributed by atoms with Gasteiger partial charge in [0.05, 0.1) is 5.75 Å². The summed E-state index contributed by atoms with van der Waals surface area (Å²) in [6.07, 6.45) is 4.68. The largest absolute Gasteiger partial charge is 0.353 e. The molecule has 0 atom stereocenters. The van der Waals surface area contributed by atoms with Crippen molar-refractivity contribution in [2.45, 2.75) is 13.3 Å². The van der Waals surface area contributed by atoms with Gasteiger partial charge < -0.3 is 5.32 Å². The van der Waals surface area contributed by atoms with Crippen LogP contribution in [0.5, 0.6) is 0 Å². The zero-order valence-corrected chi connectivity index (χ0v) is 8.73. The summed E-state index contributed by atoms with van der Waals surface area (Å²) in [7, 11) is -2.90. The van der Waals surface area contributed by atoms with Crippen molar-refractivity contribution in [3.63, 3.8) is 0 Å². The molecule has 0 saturated carbocycles. The fourth-order valence-corrected chi connectivity index (χ4v) is 1.42. The molecule has 0 unspecified atom stereocenters. The second kappa shape index (κ2) is 5.75. The van der Waals surface area contributed by atoms with Gasteiger partial charge in [-0.1, -0.05) is 6.08 Å². The van der Waals surface area contributed by atoms with E-state index in [4.69, 9.17) is 0 Å². The van der Waals surface area contributed by atoms with Gasteiger partial charge in [0.1, 0.15) is 9.84 Å². The molecular formula is C8H15NO3S. The van der Waals surface area contributed by atoms with Crippen molar-refractivity contribution in [2.75, 3.05) is 18.6 Å². The number of hydrogen-bond acceptors (Lipinski definition) is 3. The van der Waals surface area contributed by atoms with Crippen molar-refractivity contribution >= 4 is 15.7 Å². The van der Waals surface area contributed by atoms with Crippen LogP contribution in [0.2, 0.25) is 0 Å². The summed E-state index contributed by atoms with van der Waals surface area (Å²) < 4.78 is 21.3. The van der Waals surface area contributed by atoms with Crippen LogP contribution in [0.3, 0.4) is 0 Å². The number of nitrogens with one attached hydrogen (secondary N) is 1. The lowest BCUT2D eigenvalue weighted by atomic mass is 10.4. The van der Waals surface area contributed by atoms with E-state index in [0.717, 1.165) is 0 Å². The average molecular weight is 205 g/mol. The summed E-state index contributed by atoms with van der Waals surface area (Å²) in [5, 5.41) is 2.57. The Labute approximate surface area is 78.9 Å². The molecule has 1 amide bonds.